The Morgan fingerprint density at radius 2 is 1.76 bits per heavy atom. The average Bonchev–Trinajstić information content (AvgIpc) is 3.10. The average molecular weight is 446 g/mol. The predicted octanol–water partition coefficient (Wildman–Crippen LogP) is 2.91. The Hall–Kier alpha value is -2.82. The standard InChI is InChI=1S/C18H12ClN5O3S2/c1-24-18(20-22-23-24)28-16-10-15(13-4-2-3-5-14(13)17(16)25)21-29(26,27)12-8-6-11(19)7-9-12/h2-10H,1H3/b21-15+. The number of rotatable bonds is 4. The molecule has 29 heavy (non-hydrogen) atoms. The summed E-state index contributed by atoms with van der Waals surface area (Å²) in [5.74, 6) is -0.253. The van der Waals surface area contributed by atoms with Crippen LogP contribution in [-0.2, 0) is 17.1 Å². The van der Waals surface area contributed by atoms with Crippen LogP contribution in [0.5, 0.6) is 0 Å². The van der Waals surface area contributed by atoms with E-state index < -0.39 is 10.0 Å². The lowest BCUT2D eigenvalue weighted by molar-refractivity contribution is 0.104. The number of ketones is 1. The fourth-order valence-corrected chi connectivity index (χ4v) is 4.59. The van der Waals surface area contributed by atoms with Crippen LogP contribution in [0.1, 0.15) is 15.9 Å². The highest BCUT2D eigenvalue weighted by molar-refractivity contribution is 8.04. The molecule has 0 unspecified atom stereocenters. The lowest BCUT2D eigenvalue weighted by Crippen LogP contribution is -2.17. The maximum absolute atomic E-state index is 12.9. The molecule has 146 valence electrons. The van der Waals surface area contributed by atoms with Crippen LogP contribution in [0.4, 0.5) is 0 Å². The third-order valence-corrected chi connectivity index (χ3v) is 6.66. The number of aromatic nitrogens is 4. The van der Waals surface area contributed by atoms with Crippen LogP contribution in [0.25, 0.3) is 0 Å². The molecule has 11 heteroatoms. The van der Waals surface area contributed by atoms with Crippen LogP contribution < -0.4 is 0 Å². The number of aryl methyl sites for hydroxylation is 1. The number of Topliss-reactive ketones (excluding diaryl/α,β-unsaturated/α-hetero) is 1. The maximum atomic E-state index is 12.9. The van der Waals surface area contributed by atoms with Gasteiger partial charge in [0.25, 0.3) is 10.0 Å². The molecular weight excluding hydrogens is 434 g/mol. The molecule has 0 bridgehead atoms. The molecule has 0 radical (unpaired) electrons. The van der Waals surface area contributed by atoms with E-state index in [9.17, 15) is 13.2 Å². The van der Waals surface area contributed by atoms with E-state index in [4.69, 9.17) is 11.6 Å². The Kier molecular flexibility index (Phi) is 5.07. The van der Waals surface area contributed by atoms with Gasteiger partial charge in [-0.25, -0.2) is 4.68 Å². The molecule has 1 aliphatic carbocycles. The molecule has 0 saturated carbocycles. The number of thioether (sulfide) groups is 1. The monoisotopic (exact) mass is 445 g/mol. The number of carbonyl (C=O) groups excluding carboxylic acids is 1. The molecule has 4 rings (SSSR count). The molecule has 0 atom stereocenters. The first-order valence-corrected chi connectivity index (χ1v) is 10.9. The number of fused-ring (bicyclic) bond motifs is 1. The second-order valence-corrected chi connectivity index (χ2v) is 9.03. The lowest BCUT2D eigenvalue weighted by atomic mass is 9.94. The maximum Gasteiger partial charge on any atom is 0.282 e. The number of carbonyl (C=O) groups is 1. The zero-order valence-corrected chi connectivity index (χ0v) is 17.2. The zero-order chi connectivity index (χ0) is 20.6. The zero-order valence-electron chi connectivity index (χ0n) is 14.9. The summed E-state index contributed by atoms with van der Waals surface area (Å²) in [6.45, 7) is 0. The molecule has 0 spiro atoms. The highest BCUT2D eigenvalue weighted by Crippen LogP contribution is 2.32. The normalized spacial score (nSPS) is 15.3. The van der Waals surface area contributed by atoms with Crippen molar-refractivity contribution in [1.82, 2.24) is 20.2 Å². The number of halogens is 1. The van der Waals surface area contributed by atoms with Gasteiger partial charge in [-0.15, -0.1) is 5.10 Å². The van der Waals surface area contributed by atoms with E-state index >= 15 is 0 Å². The van der Waals surface area contributed by atoms with Crippen molar-refractivity contribution in [3.05, 3.63) is 75.7 Å². The first kappa shape index (κ1) is 19.5. The fraction of sp³-hybridized carbons (Fsp3) is 0.0556. The molecular formula is C18H12ClN5O3S2. The Balaban J connectivity index is 1.83. The van der Waals surface area contributed by atoms with Crippen LogP contribution in [0.2, 0.25) is 5.02 Å². The molecule has 0 amide bonds. The van der Waals surface area contributed by atoms with E-state index in [0.717, 1.165) is 11.8 Å². The number of sulfonamides is 1. The van der Waals surface area contributed by atoms with Crippen molar-refractivity contribution in [2.24, 2.45) is 11.4 Å². The minimum atomic E-state index is -4.01. The summed E-state index contributed by atoms with van der Waals surface area (Å²) in [6.07, 6.45) is 1.44. The first-order valence-electron chi connectivity index (χ1n) is 8.22. The summed E-state index contributed by atoms with van der Waals surface area (Å²) >= 11 is 6.88. The molecule has 1 aliphatic rings. The molecule has 8 nitrogen and oxygen atoms in total. The van der Waals surface area contributed by atoms with Gasteiger partial charge in [0.1, 0.15) is 0 Å². The van der Waals surface area contributed by atoms with E-state index in [0.29, 0.717) is 21.3 Å². The van der Waals surface area contributed by atoms with Crippen LogP contribution in [0, 0.1) is 0 Å². The van der Waals surface area contributed by atoms with Crippen molar-refractivity contribution in [2.75, 3.05) is 0 Å². The van der Waals surface area contributed by atoms with E-state index in [1.165, 1.54) is 35.0 Å². The minimum Gasteiger partial charge on any atom is -0.288 e. The number of benzene rings is 2. The van der Waals surface area contributed by atoms with Gasteiger partial charge in [-0.05, 0) is 52.5 Å². The fourth-order valence-electron chi connectivity index (χ4n) is 2.65. The third-order valence-electron chi connectivity index (χ3n) is 4.05. The quantitative estimate of drug-likeness (QED) is 0.607. The summed E-state index contributed by atoms with van der Waals surface area (Å²) in [5, 5.41) is 12.0. The molecule has 0 N–H and O–H groups in total. The van der Waals surface area contributed by atoms with Gasteiger partial charge in [-0.1, -0.05) is 35.9 Å². The number of nitrogens with zero attached hydrogens (tertiary/aromatic N) is 5. The van der Waals surface area contributed by atoms with Crippen molar-refractivity contribution in [3.63, 3.8) is 0 Å². The molecule has 0 aliphatic heterocycles. The van der Waals surface area contributed by atoms with E-state index in [-0.39, 0.29) is 21.3 Å². The second kappa shape index (κ2) is 7.54. The Morgan fingerprint density at radius 3 is 2.41 bits per heavy atom. The van der Waals surface area contributed by atoms with E-state index in [1.54, 1.807) is 31.3 Å². The van der Waals surface area contributed by atoms with Gasteiger partial charge in [0, 0.05) is 23.2 Å². The number of hydrogen-bond acceptors (Lipinski definition) is 7. The Labute approximate surface area is 175 Å². The first-order chi connectivity index (χ1) is 13.8. The van der Waals surface area contributed by atoms with Gasteiger partial charge in [0.05, 0.1) is 15.5 Å². The van der Waals surface area contributed by atoms with Gasteiger partial charge in [0.2, 0.25) is 10.9 Å². The second-order valence-electron chi connectivity index (χ2n) is 5.98. The Bertz CT molecular complexity index is 1280. The van der Waals surface area contributed by atoms with E-state index in [1.807, 2.05) is 0 Å². The van der Waals surface area contributed by atoms with Crippen LogP contribution >= 0.6 is 23.4 Å². The summed E-state index contributed by atoms with van der Waals surface area (Å²) < 4.78 is 31.0. The predicted molar refractivity (Wildman–Crippen MR) is 109 cm³/mol. The highest BCUT2D eigenvalue weighted by atomic mass is 35.5. The molecule has 0 saturated heterocycles. The Morgan fingerprint density at radius 1 is 1.07 bits per heavy atom. The van der Waals surface area contributed by atoms with Crippen molar-refractivity contribution in [2.45, 2.75) is 10.1 Å². The van der Waals surface area contributed by atoms with Crippen LogP contribution in [0.3, 0.4) is 0 Å². The van der Waals surface area contributed by atoms with Gasteiger partial charge in [-0.3, -0.25) is 4.79 Å². The van der Waals surface area contributed by atoms with Crippen molar-refractivity contribution in [3.8, 4) is 0 Å². The van der Waals surface area contributed by atoms with E-state index in [2.05, 4.69) is 19.9 Å². The van der Waals surface area contributed by atoms with Crippen LogP contribution in [-0.4, -0.2) is 40.1 Å². The molecule has 3 aromatic rings. The van der Waals surface area contributed by atoms with Gasteiger partial charge in [0.15, 0.2) is 0 Å². The van der Waals surface area contributed by atoms with Gasteiger partial charge >= 0.3 is 0 Å². The number of tetrazole rings is 1. The lowest BCUT2D eigenvalue weighted by Gasteiger charge is -2.16. The molecule has 1 heterocycles. The minimum absolute atomic E-state index is 0.00360. The summed E-state index contributed by atoms with van der Waals surface area (Å²) in [4.78, 5) is 13.2. The SMILES string of the molecule is Cn1nnnc1SC1=C/C(=N\S(=O)(=O)c2ccc(Cl)cc2)c2ccccc2C1=O. The number of allylic oxidation sites excluding steroid dienone is 2. The van der Waals surface area contributed by atoms with Crippen molar-refractivity contribution >= 4 is 44.9 Å². The van der Waals surface area contributed by atoms with Crippen molar-refractivity contribution < 1.29 is 13.2 Å². The van der Waals surface area contributed by atoms with Gasteiger partial charge in [-0.2, -0.15) is 12.8 Å². The highest BCUT2D eigenvalue weighted by Gasteiger charge is 2.27. The molecule has 2 aromatic carbocycles. The van der Waals surface area contributed by atoms with Gasteiger partial charge < -0.3 is 0 Å². The summed E-state index contributed by atoms with van der Waals surface area (Å²) in [6, 6.07) is 12.4. The number of hydrogen-bond donors (Lipinski definition) is 0. The topological polar surface area (TPSA) is 107 Å². The molecule has 1 aromatic heterocycles. The molecule has 0 fully saturated rings. The third kappa shape index (κ3) is 3.86. The largest absolute Gasteiger partial charge is 0.288 e. The van der Waals surface area contributed by atoms with Crippen molar-refractivity contribution in [1.29, 1.82) is 0 Å². The summed E-state index contributed by atoms with van der Waals surface area (Å²) in [7, 11) is -2.37. The van der Waals surface area contributed by atoms with Crippen LogP contribution in [0.15, 0.2) is 74.0 Å². The summed E-state index contributed by atoms with van der Waals surface area (Å²) in [5.41, 5.74) is 0.959. The smallest absolute Gasteiger partial charge is 0.282 e.